The van der Waals surface area contributed by atoms with E-state index in [0.29, 0.717) is 0 Å². The van der Waals surface area contributed by atoms with E-state index in [9.17, 15) is 4.79 Å². The minimum atomic E-state index is 0.166. The van der Waals surface area contributed by atoms with Gasteiger partial charge in [-0.25, -0.2) is 0 Å². The van der Waals surface area contributed by atoms with Gasteiger partial charge in [-0.2, -0.15) is 0 Å². The number of para-hydroxylation sites is 1. The summed E-state index contributed by atoms with van der Waals surface area (Å²) in [5, 5.41) is 0.788. The van der Waals surface area contributed by atoms with Crippen molar-refractivity contribution in [3.63, 3.8) is 0 Å². The van der Waals surface area contributed by atoms with Crippen molar-refractivity contribution in [2.24, 2.45) is 0 Å². The SMILES string of the molecule is CCCCCCCC=Cc1[nH]c2ccccc2c(=O)c1CC. The lowest BCUT2D eigenvalue weighted by molar-refractivity contribution is 0.638. The normalized spacial score (nSPS) is 11.5. The third-order valence-electron chi connectivity index (χ3n) is 4.15. The van der Waals surface area contributed by atoms with Crippen LogP contribution in [0.5, 0.6) is 0 Å². The fourth-order valence-corrected chi connectivity index (χ4v) is 2.86. The van der Waals surface area contributed by atoms with Crippen LogP contribution < -0.4 is 5.43 Å². The van der Waals surface area contributed by atoms with Gasteiger partial charge in [-0.05, 0) is 37.5 Å². The number of H-pyrrole nitrogens is 1. The predicted molar refractivity (Wildman–Crippen MR) is 96.4 cm³/mol. The van der Waals surface area contributed by atoms with E-state index < -0.39 is 0 Å². The average molecular weight is 297 g/mol. The zero-order valence-corrected chi connectivity index (χ0v) is 13.8. The molecule has 0 aliphatic heterocycles. The molecule has 22 heavy (non-hydrogen) atoms. The van der Waals surface area contributed by atoms with Gasteiger partial charge in [-0.15, -0.1) is 0 Å². The van der Waals surface area contributed by atoms with Crippen molar-refractivity contribution in [2.45, 2.75) is 58.8 Å². The lowest BCUT2D eigenvalue weighted by atomic mass is 10.0. The summed E-state index contributed by atoms with van der Waals surface area (Å²) in [6.45, 7) is 4.28. The molecule has 0 radical (unpaired) electrons. The summed E-state index contributed by atoms with van der Waals surface area (Å²) in [6.07, 6.45) is 12.6. The Morgan fingerprint density at radius 1 is 1.05 bits per heavy atom. The molecule has 0 unspecified atom stereocenters. The summed E-state index contributed by atoms with van der Waals surface area (Å²) in [7, 11) is 0. The highest BCUT2D eigenvalue weighted by molar-refractivity contribution is 5.80. The number of pyridine rings is 1. The van der Waals surface area contributed by atoms with Crippen LogP contribution in [0.4, 0.5) is 0 Å². The van der Waals surface area contributed by atoms with Gasteiger partial charge in [0, 0.05) is 22.2 Å². The highest BCUT2D eigenvalue weighted by atomic mass is 16.1. The number of allylic oxidation sites excluding steroid dienone is 1. The molecule has 2 rings (SSSR count). The van der Waals surface area contributed by atoms with Crippen LogP contribution in [0, 0.1) is 0 Å². The molecule has 0 saturated heterocycles. The van der Waals surface area contributed by atoms with Gasteiger partial charge in [-0.3, -0.25) is 4.79 Å². The molecule has 0 saturated carbocycles. The molecule has 0 fully saturated rings. The number of aromatic amines is 1. The maximum absolute atomic E-state index is 12.5. The summed E-state index contributed by atoms with van der Waals surface area (Å²) < 4.78 is 0. The number of hydrogen-bond donors (Lipinski definition) is 1. The number of fused-ring (bicyclic) bond motifs is 1. The lowest BCUT2D eigenvalue weighted by Crippen LogP contribution is -2.12. The Morgan fingerprint density at radius 2 is 1.82 bits per heavy atom. The molecule has 0 spiro atoms. The molecule has 118 valence electrons. The topological polar surface area (TPSA) is 32.9 Å². The maximum Gasteiger partial charge on any atom is 0.193 e. The van der Waals surface area contributed by atoms with Crippen LogP contribution in [-0.2, 0) is 6.42 Å². The van der Waals surface area contributed by atoms with Crippen LogP contribution in [0.1, 0.15) is 63.6 Å². The second-order valence-electron chi connectivity index (χ2n) is 5.85. The third-order valence-corrected chi connectivity index (χ3v) is 4.15. The van der Waals surface area contributed by atoms with E-state index in [1.54, 1.807) is 0 Å². The lowest BCUT2D eigenvalue weighted by Gasteiger charge is -2.06. The number of rotatable bonds is 8. The number of benzene rings is 1. The molecule has 0 bridgehead atoms. The Hall–Kier alpha value is -1.83. The fourth-order valence-electron chi connectivity index (χ4n) is 2.86. The highest BCUT2D eigenvalue weighted by Crippen LogP contribution is 2.14. The van der Waals surface area contributed by atoms with E-state index in [-0.39, 0.29) is 5.43 Å². The molecule has 0 amide bonds. The molecule has 1 N–H and O–H groups in total. The summed E-state index contributed by atoms with van der Waals surface area (Å²) in [5.41, 5.74) is 2.95. The molecular formula is C20H27NO. The summed E-state index contributed by atoms with van der Waals surface area (Å²) >= 11 is 0. The minimum Gasteiger partial charge on any atom is -0.355 e. The zero-order valence-electron chi connectivity index (χ0n) is 13.8. The number of nitrogens with one attached hydrogen (secondary N) is 1. The van der Waals surface area contributed by atoms with Gasteiger partial charge in [0.1, 0.15) is 0 Å². The van der Waals surface area contributed by atoms with Crippen LogP contribution in [-0.4, -0.2) is 4.98 Å². The second-order valence-corrected chi connectivity index (χ2v) is 5.85. The van der Waals surface area contributed by atoms with Gasteiger partial charge in [0.05, 0.1) is 0 Å². The molecule has 1 aromatic heterocycles. The molecule has 2 nitrogen and oxygen atoms in total. The Bertz CT molecular complexity index is 682. The number of unbranched alkanes of at least 4 members (excludes halogenated alkanes) is 5. The Kier molecular flexibility index (Phi) is 6.45. The van der Waals surface area contributed by atoms with Crippen LogP contribution in [0.3, 0.4) is 0 Å². The molecular weight excluding hydrogens is 270 g/mol. The van der Waals surface area contributed by atoms with Gasteiger partial charge < -0.3 is 4.98 Å². The maximum atomic E-state index is 12.5. The van der Waals surface area contributed by atoms with Gasteiger partial charge in [0.2, 0.25) is 0 Å². The first-order valence-corrected chi connectivity index (χ1v) is 8.58. The quantitative estimate of drug-likeness (QED) is 0.644. The van der Waals surface area contributed by atoms with Gasteiger partial charge in [-0.1, -0.05) is 57.7 Å². The van der Waals surface area contributed by atoms with E-state index in [1.807, 2.05) is 31.2 Å². The molecule has 0 aliphatic rings. The minimum absolute atomic E-state index is 0.166. The van der Waals surface area contributed by atoms with Crippen molar-refractivity contribution < 1.29 is 0 Å². The van der Waals surface area contributed by atoms with Crippen LogP contribution in [0.25, 0.3) is 17.0 Å². The fraction of sp³-hybridized carbons (Fsp3) is 0.450. The monoisotopic (exact) mass is 297 g/mol. The molecule has 2 aromatic rings. The van der Waals surface area contributed by atoms with Crippen molar-refractivity contribution in [1.29, 1.82) is 0 Å². The molecule has 0 aliphatic carbocycles. The molecule has 2 heteroatoms. The first kappa shape index (κ1) is 16.5. The summed E-state index contributed by atoms with van der Waals surface area (Å²) in [6, 6.07) is 7.75. The van der Waals surface area contributed by atoms with E-state index in [0.717, 1.165) is 35.0 Å². The highest BCUT2D eigenvalue weighted by Gasteiger charge is 2.07. The van der Waals surface area contributed by atoms with Crippen molar-refractivity contribution in [3.8, 4) is 0 Å². The zero-order chi connectivity index (χ0) is 15.8. The first-order valence-electron chi connectivity index (χ1n) is 8.58. The van der Waals surface area contributed by atoms with Crippen LogP contribution in [0.15, 0.2) is 35.1 Å². The van der Waals surface area contributed by atoms with E-state index in [1.165, 1.54) is 32.1 Å². The van der Waals surface area contributed by atoms with Crippen LogP contribution in [0.2, 0.25) is 0 Å². The molecule has 0 atom stereocenters. The average Bonchev–Trinajstić information content (AvgIpc) is 2.54. The smallest absolute Gasteiger partial charge is 0.193 e. The van der Waals surface area contributed by atoms with Gasteiger partial charge >= 0.3 is 0 Å². The Labute approximate surface area is 133 Å². The molecule has 1 aromatic carbocycles. The van der Waals surface area contributed by atoms with Crippen molar-refractivity contribution in [1.82, 2.24) is 4.98 Å². The third kappa shape index (κ3) is 4.09. The summed E-state index contributed by atoms with van der Waals surface area (Å²) in [5.74, 6) is 0. The Balaban J connectivity index is 2.11. The van der Waals surface area contributed by atoms with Crippen molar-refractivity contribution >= 4 is 17.0 Å². The second kappa shape index (κ2) is 8.57. The van der Waals surface area contributed by atoms with E-state index in [4.69, 9.17) is 0 Å². The predicted octanol–water partition coefficient (Wildman–Crippen LogP) is 5.46. The largest absolute Gasteiger partial charge is 0.355 e. The number of aromatic nitrogens is 1. The summed E-state index contributed by atoms with van der Waals surface area (Å²) in [4.78, 5) is 15.9. The molecule has 1 heterocycles. The standard InChI is InChI=1S/C20H27NO/c1-3-5-6-7-8-9-10-14-18-16(4-2)20(22)17-13-11-12-15-19(17)21-18/h10-15H,3-9H2,1-2H3,(H,21,22). The van der Waals surface area contributed by atoms with E-state index >= 15 is 0 Å². The van der Waals surface area contributed by atoms with Crippen LogP contribution >= 0.6 is 0 Å². The Morgan fingerprint density at radius 3 is 2.59 bits per heavy atom. The van der Waals surface area contributed by atoms with Gasteiger partial charge in [0.15, 0.2) is 5.43 Å². The van der Waals surface area contributed by atoms with Crippen molar-refractivity contribution in [3.05, 3.63) is 51.8 Å². The van der Waals surface area contributed by atoms with Crippen molar-refractivity contribution in [2.75, 3.05) is 0 Å². The van der Waals surface area contributed by atoms with Gasteiger partial charge in [0.25, 0.3) is 0 Å². The number of hydrogen-bond acceptors (Lipinski definition) is 1. The van der Waals surface area contributed by atoms with E-state index in [2.05, 4.69) is 24.1 Å². The first-order chi connectivity index (χ1) is 10.8.